The molecule has 3 nitrogen and oxygen atoms in total. The number of thiophene rings is 1. The van der Waals surface area contributed by atoms with Crippen molar-refractivity contribution in [2.24, 2.45) is 5.92 Å². The third-order valence-electron chi connectivity index (χ3n) is 2.37. The Labute approximate surface area is 101 Å². The lowest BCUT2D eigenvalue weighted by Crippen LogP contribution is -2.41. The van der Waals surface area contributed by atoms with Gasteiger partial charge in [0, 0.05) is 6.61 Å². The summed E-state index contributed by atoms with van der Waals surface area (Å²) in [6, 6.07) is 3.79. The second kappa shape index (κ2) is 6.66. The van der Waals surface area contributed by atoms with Crippen LogP contribution in [0.5, 0.6) is 0 Å². The van der Waals surface area contributed by atoms with Crippen LogP contribution in [0.1, 0.15) is 30.4 Å². The van der Waals surface area contributed by atoms with E-state index in [4.69, 9.17) is 4.74 Å². The second-order valence-corrected chi connectivity index (χ2v) is 4.91. The van der Waals surface area contributed by atoms with Crippen LogP contribution in [-0.4, -0.2) is 25.2 Å². The van der Waals surface area contributed by atoms with Gasteiger partial charge in [0.1, 0.15) is 0 Å². The van der Waals surface area contributed by atoms with Crippen LogP contribution in [0.15, 0.2) is 17.5 Å². The van der Waals surface area contributed by atoms with E-state index < -0.39 is 0 Å². The molecule has 1 atom stereocenters. The highest BCUT2D eigenvalue weighted by Gasteiger charge is 2.17. The van der Waals surface area contributed by atoms with Gasteiger partial charge in [0.05, 0.1) is 17.5 Å². The molecule has 1 aromatic rings. The van der Waals surface area contributed by atoms with Crippen molar-refractivity contribution in [1.82, 2.24) is 5.32 Å². The molecule has 0 aliphatic heterocycles. The molecule has 0 spiro atoms. The molecule has 1 aromatic heterocycles. The number of hydrogen-bond donors (Lipinski definition) is 1. The van der Waals surface area contributed by atoms with Gasteiger partial charge in [-0.3, -0.25) is 4.79 Å². The molecule has 0 aliphatic rings. The van der Waals surface area contributed by atoms with E-state index in [2.05, 4.69) is 19.2 Å². The fraction of sp³-hybridized carbons (Fsp3) is 0.583. The standard InChI is InChI=1S/C12H19NO2S/c1-4-15-8-10(9(2)3)13-12(14)11-6-5-7-16-11/h5-7,9-10H,4,8H2,1-3H3,(H,13,14). The topological polar surface area (TPSA) is 38.3 Å². The Balaban J connectivity index is 2.51. The Morgan fingerprint density at radius 3 is 2.81 bits per heavy atom. The van der Waals surface area contributed by atoms with Crippen LogP contribution < -0.4 is 5.32 Å². The van der Waals surface area contributed by atoms with Crippen LogP contribution in [0, 0.1) is 5.92 Å². The molecule has 1 amide bonds. The number of ether oxygens (including phenoxy) is 1. The first kappa shape index (κ1) is 13.2. The van der Waals surface area contributed by atoms with Crippen LogP contribution in [0.3, 0.4) is 0 Å². The zero-order valence-electron chi connectivity index (χ0n) is 10.0. The molecule has 0 saturated carbocycles. The molecular weight excluding hydrogens is 222 g/mol. The van der Waals surface area contributed by atoms with Gasteiger partial charge in [0.15, 0.2) is 0 Å². The minimum absolute atomic E-state index is 0.00611. The first-order valence-corrected chi connectivity index (χ1v) is 6.45. The van der Waals surface area contributed by atoms with Crippen LogP contribution in [0.4, 0.5) is 0 Å². The highest BCUT2D eigenvalue weighted by molar-refractivity contribution is 7.12. The van der Waals surface area contributed by atoms with Crippen LogP contribution in [0.25, 0.3) is 0 Å². The van der Waals surface area contributed by atoms with Gasteiger partial charge in [-0.1, -0.05) is 19.9 Å². The molecule has 0 fully saturated rings. The number of rotatable bonds is 6. The summed E-state index contributed by atoms with van der Waals surface area (Å²) in [7, 11) is 0. The number of carbonyl (C=O) groups is 1. The van der Waals surface area contributed by atoms with Crippen molar-refractivity contribution in [2.45, 2.75) is 26.8 Å². The molecule has 90 valence electrons. The molecule has 1 rings (SSSR count). The van der Waals surface area contributed by atoms with Gasteiger partial charge in [-0.15, -0.1) is 11.3 Å². The number of nitrogens with one attached hydrogen (secondary N) is 1. The molecule has 1 N–H and O–H groups in total. The molecule has 0 aromatic carbocycles. The van der Waals surface area contributed by atoms with Crippen molar-refractivity contribution < 1.29 is 9.53 Å². The molecule has 1 heterocycles. The van der Waals surface area contributed by atoms with Crippen molar-refractivity contribution in [1.29, 1.82) is 0 Å². The summed E-state index contributed by atoms with van der Waals surface area (Å²) in [6.07, 6.45) is 0. The van der Waals surface area contributed by atoms with E-state index in [-0.39, 0.29) is 11.9 Å². The summed E-state index contributed by atoms with van der Waals surface area (Å²) in [5, 5.41) is 4.90. The Morgan fingerprint density at radius 1 is 1.56 bits per heavy atom. The smallest absolute Gasteiger partial charge is 0.261 e. The van der Waals surface area contributed by atoms with Crippen molar-refractivity contribution >= 4 is 17.2 Å². The highest BCUT2D eigenvalue weighted by Crippen LogP contribution is 2.10. The Bertz CT molecular complexity index is 309. The highest BCUT2D eigenvalue weighted by atomic mass is 32.1. The fourth-order valence-electron chi connectivity index (χ4n) is 1.29. The third-order valence-corrected chi connectivity index (χ3v) is 3.24. The van der Waals surface area contributed by atoms with Gasteiger partial charge in [-0.25, -0.2) is 0 Å². The average molecular weight is 241 g/mol. The maximum absolute atomic E-state index is 11.8. The van der Waals surface area contributed by atoms with Crippen LogP contribution in [0.2, 0.25) is 0 Å². The van der Waals surface area contributed by atoms with E-state index in [0.29, 0.717) is 19.1 Å². The predicted molar refractivity (Wildman–Crippen MR) is 66.9 cm³/mol. The first-order chi connectivity index (χ1) is 7.65. The Hall–Kier alpha value is -0.870. The quantitative estimate of drug-likeness (QED) is 0.831. The van der Waals surface area contributed by atoms with E-state index in [1.54, 1.807) is 0 Å². The lowest BCUT2D eigenvalue weighted by atomic mass is 10.1. The summed E-state index contributed by atoms with van der Waals surface area (Å²) in [5.41, 5.74) is 0. The minimum Gasteiger partial charge on any atom is -0.380 e. The van der Waals surface area contributed by atoms with Crippen molar-refractivity contribution in [3.05, 3.63) is 22.4 Å². The number of carbonyl (C=O) groups excluding carboxylic acids is 1. The van der Waals surface area contributed by atoms with Gasteiger partial charge in [-0.05, 0) is 24.3 Å². The molecule has 1 unspecified atom stereocenters. The van der Waals surface area contributed by atoms with Gasteiger partial charge >= 0.3 is 0 Å². The van der Waals surface area contributed by atoms with Crippen molar-refractivity contribution in [2.75, 3.05) is 13.2 Å². The zero-order valence-corrected chi connectivity index (χ0v) is 10.8. The van der Waals surface area contributed by atoms with Crippen LogP contribution in [-0.2, 0) is 4.74 Å². The molecular formula is C12H19NO2S. The molecule has 0 radical (unpaired) electrons. The fourth-order valence-corrected chi connectivity index (χ4v) is 1.92. The average Bonchev–Trinajstić information content (AvgIpc) is 2.76. The van der Waals surface area contributed by atoms with E-state index in [1.165, 1.54) is 11.3 Å². The van der Waals surface area contributed by atoms with Gasteiger partial charge in [0.2, 0.25) is 0 Å². The lowest BCUT2D eigenvalue weighted by Gasteiger charge is -2.21. The van der Waals surface area contributed by atoms with Gasteiger partial charge < -0.3 is 10.1 Å². The molecule has 4 heteroatoms. The second-order valence-electron chi connectivity index (χ2n) is 3.96. The van der Waals surface area contributed by atoms with Crippen molar-refractivity contribution in [3.63, 3.8) is 0 Å². The van der Waals surface area contributed by atoms with Crippen LogP contribution >= 0.6 is 11.3 Å². The molecule has 0 aliphatic carbocycles. The largest absolute Gasteiger partial charge is 0.380 e. The monoisotopic (exact) mass is 241 g/mol. The molecule has 0 bridgehead atoms. The van der Waals surface area contributed by atoms with Gasteiger partial charge in [0.25, 0.3) is 5.91 Å². The minimum atomic E-state index is -0.00611. The Kier molecular flexibility index (Phi) is 5.49. The summed E-state index contributed by atoms with van der Waals surface area (Å²) in [6.45, 7) is 7.37. The number of amides is 1. The predicted octanol–water partition coefficient (Wildman–Crippen LogP) is 2.54. The van der Waals surface area contributed by atoms with E-state index in [9.17, 15) is 4.79 Å². The Morgan fingerprint density at radius 2 is 2.31 bits per heavy atom. The van der Waals surface area contributed by atoms with Crippen molar-refractivity contribution in [3.8, 4) is 0 Å². The normalized spacial score (nSPS) is 12.8. The number of hydrogen-bond acceptors (Lipinski definition) is 3. The molecule has 16 heavy (non-hydrogen) atoms. The SMILES string of the molecule is CCOCC(NC(=O)c1cccs1)C(C)C. The summed E-state index contributed by atoms with van der Waals surface area (Å²) < 4.78 is 5.36. The third kappa shape index (κ3) is 3.94. The zero-order chi connectivity index (χ0) is 12.0. The van der Waals surface area contributed by atoms with E-state index in [0.717, 1.165) is 4.88 Å². The lowest BCUT2D eigenvalue weighted by molar-refractivity contribution is 0.0809. The van der Waals surface area contributed by atoms with E-state index >= 15 is 0 Å². The van der Waals surface area contributed by atoms with Gasteiger partial charge in [-0.2, -0.15) is 0 Å². The summed E-state index contributed by atoms with van der Waals surface area (Å²) in [4.78, 5) is 12.6. The summed E-state index contributed by atoms with van der Waals surface area (Å²) in [5.74, 6) is 0.365. The first-order valence-electron chi connectivity index (χ1n) is 5.57. The maximum Gasteiger partial charge on any atom is 0.261 e. The maximum atomic E-state index is 11.8. The molecule has 0 saturated heterocycles. The summed E-state index contributed by atoms with van der Waals surface area (Å²) >= 11 is 1.46. The van der Waals surface area contributed by atoms with E-state index in [1.807, 2.05) is 24.4 Å².